The molecule has 0 unspecified atom stereocenters. The number of amides is 1. The second-order valence-corrected chi connectivity index (χ2v) is 7.69. The summed E-state index contributed by atoms with van der Waals surface area (Å²) in [7, 11) is 0. The summed E-state index contributed by atoms with van der Waals surface area (Å²) in [5.41, 5.74) is 2.07. The molecule has 1 aliphatic carbocycles. The van der Waals surface area contributed by atoms with E-state index in [1.807, 2.05) is 31.2 Å². The highest BCUT2D eigenvalue weighted by atomic mass is 16.2. The Hall–Kier alpha value is -2.23. The molecular formula is C20H25NO3. The van der Waals surface area contributed by atoms with Crippen LogP contribution < -0.4 is 5.32 Å². The largest absolute Gasteiger partial charge is 0.326 e. The Kier molecular flexibility index (Phi) is 5.37. The summed E-state index contributed by atoms with van der Waals surface area (Å²) in [6.45, 7) is 8.13. The van der Waals surface area contributed by atoms with E-state index in [0.29, 0.717) is 12.1 Å². The topological polar surface area (TPSA) is 63.2 Å². The molecule has 1 aliphatic rings. The van der Waals surface area contributed by atoms with Crippen molar-refractivity contribution in [2.45, 2.75) is 47.0 Å². The molecule has 128 valence electrons. The number of anilines is 1. The number of rotatable bonds is 3. The van der Waals surface area contributed by atoms with Gasteiger partial charge in [-0.3, -0.25) is 14.4 Å². The molecular weight excluding hydrogens is 302 g/mol. The van der Waals surface area contributed by atoms with Crippen molar-refractivity contribution in [2.75, 3.05) is 5.32 Å². The lowest BCUT2D eigenvalue weighted by Crippen LogP contribution is -2.34. The predicted octanol–water partition coefficient (Wildman–Crippen LogP) is 3.84. The molecule has 1 fully saturated rings. The molecule has 4 heteroatoms. The average Bonchev–Trinajstić information content (AvgIpc) is 2.47. The van der Waals surface area contributed by atoms with Crippen LogP contribution in [-0.2, 0) is 14.4 Å². The fraction of sp³-hybridized carbons (Fsp3) is 0.450. The van der Waals surface area contributed by atoms with E-state index < -0.39 is 5.92 Å². The highest BCUT2D eigenvalue weighted by Crippen LogP contribution is 2.27. The number of allylic oxidation sites excluding steroid dienone is 2. The Bertz CT molecular complexity index is 658. The number of aryl methyl sites for hydroxylation is 1. The molecule has 0 radical (unpaired) electrons. The average molecular weight is 327 g/mol. The van der Waals surface area contributed by atoms with E-state index in [9.17, 15) is 14.4 Å². The third kappa shape index (κ3) is 4.88. The van der Waals surface area contributed by atoms with Crippen molar-refractivity contribution in [3.8, 4) is 0 Å². The van der Waals surface area contributed by atoms with Gasteiger partial charge in [0.15, 0.2) is 11.6 Å². The molecule has 0 heterocycles. The monoisotopic (exact) mass is 327 g/mol. The first-order valence-electron chi connectivity index (χ1n) is 8.30. The minimum Gasteiger partial charge on any atom is -0.326 e. The molecule has 1 amide bonds. The maximum Gasteiger partial charge on any atom is 0.228 e. The molecule has 24 heavy (non-hydrogen) atoms. The van der Waals surface area contributed by atoms with Gasteiger partial charge in [-0.2, -0.15) is 0 Å². The van der Waals surface area contributed by atoms with Crippen LogP contribution in [0.3, 0.4) is 0 Å². The Morgan fingerprint density at radius 2 is 1.67 bits per heavy atom. The van der Waals surface area contributed by atoms with Crippen molar-refractivity contribution >= 4 is 23.2 Å². The second kappa shape index (κ2) is 7.12. The maximum atomic E-state index is 12.3. The first-order valence-corrected chi connectivity index (χ1v) is 8.30. The van der Waals surface area contributed by atoms with Crippen molar-refractivity contribution in [3.05, 3.63) is 41.5 Å². The zero-order chi connectivity index (χ0) is 17.9. The summed E-state index contributed by atoms with van der Waals surface area (Å²) in [6, 6.07) is 7.43. The molecule has 0 bridgehead atoms. The van der Waals surface area contributed by atoms with Gasteiger partial charge in [0.05, 0.1) is 11.5 Å². The molecule has 0 atom stereocenters. The lowest BCUT2D eigenvalue weighted by atomic mass is 9.81. The van der Waals surface area contributed by atoms with Crippen LogP contribution in [0.2, 0.25) is 0 Å². The van der Waals surface area contributed by atoms with Gasteiger partial charge in [0.2, 0.25) is 5.91 Å². The van der Waals surface area contributed by atoms with E-state index in [-0.39, 0.29) is 41.3 Å². The number of carbonyl (C=O) groups excluding carboxylic acids is 3. The minimum atomic E-state index is -0.585. The Labute approximate surface area is 143 Å². The van der Waals surface area contributed by atoms with Gasteiger partial charge in [0.25, 0.3) is 0 Å². The van der Waals surface area contributed by atoms with Crippen LogP contribution in [0.4, 0.5) is 5.69 Å². The van der Waals surface area contributed by atoms with Gasteiger partial charge >= 0.3 is 0 Å². The number of nitrogens with one attached hydrogen (secondary N) is 1. The molecule has 2 rings (SSSR count). The van der Waals surface area contributed by atoms with Gasteiger partial charge in [-0.15, -0.1) is 0 Å². The van der Waals surface area contributed by atoms with Gasteiger partial charge in [0, 0.05) is 18.5 Å². The van der Waals surface area contributed by atoms with Gasteiger partial charge in [-0.1, -0.05) is 44.5 Å². The van der Waals surface area contributed by atoms with Gasteiger partial charge in [-0.25, -0.2) is 0 Å². The molecule has 0 aromatic heterocycles. The molecule has 1 saturated carbocycles. The normalized spacial score (nSPS) is 18.5. The highest BCUT2D eigenvalue weighted by Gasteiger charge is 2.34. The van der Waals surface area contributed by atoms with Crippen molar-refractivity contribution in [1.82, 2.24) is 0 Å². The van der Waals surface area contributed by atoms with E-state index in [1.165, 1.54) is 0 Å². The van der Waals surface area contributed by atoms with Gasteiger partial charge in [-0.05, 0) is 30.9 Å². The predicted molar refractivity (Wildman–Crippen MR) is 94.7 cm³/mol. The number of Topliss-reactive ketones (excluding diaryl/α,β-unsaturated/α-hetero) is 2. The fourth-order valence-corrected chi connectivity index (χ4v) is 2.60. The van der Waals surface area contributed by atoms with E-state index >= 15 is 0 Å². The first-order chi connectivity index (χ1) is 11.2. The molecule has 1 aromatic rings. The van der Waals surface area contributed by atoms with Crippen LogP contribution in [0.5, 0.6) is 0 Å². The number of carbonyl (C=O) groups is 3. The minimum absolute atomic E-state index is 0.0211. The molecule has 1 N–H and O–H groups in total. The second-order valence-electron chi connectivity index (χ2n) is 7.69. The third-order valence-corrected chi connectivity index (χ3v) is 4.07. The number of hydrogen-bond donors (Lipinski definition) is 1. The maximum absolute atomic E-state index is 12.3. The number of hydrogen-bond acceptors (Lipinski definition) is 3. The van der Waals surface area contributed by atoms with Crippen LogP contribution in [0.1, 0.15) is 45.6 Å². The summed E-state index contributed by atoms with van der Waals surface area (Å²) in [6.07, 6.45) is 2.59. The van der Waals surface area contributed by atoms with E-state index in [0.717, 1.165) is 5.56 Å². The summed E-state index contributed by atoms with van der Waals surface area (Å²) in [5.74, 6) is -1.30. The van der Waals surface area contributed by atoms with Crippen molar-refractivity contribution in [1.29, 1.82) is 0 Å². The lowest BCUT2D eigenvalue weighted by molar-refractivity contribution is -0.131. The zero-order valence-corrected chi connectivity index (χ0v) is 14.8. The first kappa shape index (κ1) is 18.1. The fourth-order valence-electron chi connectivity index (χ4n) is 2.60. The lowest BCUT2D eigenvalue weighted by Gasteiger charge is -2.22. The van der Waals surface area contributed by atoms with E-state index in [1.54, 1.807) is 6.08 Å². The summed E-state index contributed by atoms with van der Waals surface area (Å²) < 4.78 is 0. The SMILES string of the molecule is Cc1ccc(NC(=O)C2CC(=O)C(=CCC(C)(C)C)C(=O)C2)cc1. The molecule has 4 nitrogen and oxygen atoms in total. The molecule has 0 saturated heterocycles. The summed E-state index contributed by atoms with van der Waals surface area (Å²) in [4.78, 5) is 36.9. The molecule has 0 aliphatic heterocycles. The summed E-state index contributed by atoms with van der Waals surface area (Å²) >= 11 is 0. The van der Waals surface area contributed by atoms with Crippen LogP contribution in [0.25, 0.3) is 0 Å². The van der Waals surface area contributed by atoms with Crippen LogP contribution in [-0.4, -0.2) is 17.5 Å². The van der Waals surface area contributed by atoms with Gasteiger partial charge in [0.1, 0.15) is 0 Å². The van der Waals surface area contributed by atoms with Crippen LogP contribution >= 0.6 is 0 Å². The third-order valence-electron chi connectivity index (χ3n) is 4.07. The standard InChI is InChI=1S/C20H25NO3/c1-13-5-7-15(8-6-13)21-19(24)14-11-17(22)16(18(23)12-14)9-10-20(2,3)4/h5-9,14H,10-12H2,1-4H3,(H,21,24). The summed E-state index contributed by atoms with van der Waals surface area (Å²) in [5, 5.41) is 2.79. The number of benzene rings is 1. The van der Waals surface area contributed by atoms with Gasteiger partial charge < -0.3 is 5.32 Å². The zero-order valence-electron chi connectivity index (χ0n) is 14.8. The van der Waals surface area contributed by atoms with Crippen LogP contribution in [0, 0.1) is 18.3 Å². The molecule has 1 aromatic carbocycles. The highest BCUT2D eigenvalue weighted by molar-refractivity contribution is 6.23. The number of ketones is 2. The quantitative estimate of drug-likeness (QED) is 0.677. The van der Waals surface area contributed by atoms with Crippen molar-refractivity contribution < 1.29 is 14.4 Å². The Morgan fingerprint density at radius 3 is 2.17 bits per heavy atom. The Morgan fingerprint density at radius 1 is 1.12 bits per heavy atom. The van der Waals surface area contributed by atoms with E-state index in [4.69, 9.17) is 0 Å². The smallest absolute Gasteiger partial charge is 0.228 e. The molecule has 0 spiro atoms. The Balaban J connectivity index is 2.02. The van der Waals surface area contributed by atoms with Crippen molar-refractivity contribution in [3.63, 3.8) is 0 Å². The van der Waals surface area contributed by atoms with E-state index in [2.05, 4.69) is 26.1 Å². The van der Waals surface area contributed by atoms with Crippen molar-refractivity contribution in [2.24, 2.45) is 11.3 Å². The van der Waals surface area contributed by atoms with Crippen LogP contribution in [0.15, 0.2) is 35.9 Å².